The zero-order valence-corrected chi connectivity index (χ0v) is 14.0. The summed E-state index contributed by atoms with van der Waals surface area (Å²) in [6, 6.07) is 3.48. The molecular weight excluding hydrogens is 314 g/mol. The molecular formula is C18H24F2N2O2. The largest absolute Gasteiger partial charge is 0.383 e. The van der Waals surface area contributed by atoms with Gasteiger partial charge in [-0.2, -0.15) is 0 Å². The Morgan fingerprint density at radius 1 is 1.25 bits per heavy atom. The van der Waals surface area contributed by atoms with Gasteiger partial charge < -0.3 is 9.64 Å². The third-order valence-electron chi connectivity index (χ3n) is 4.98. The molecule has 3 rings (SSSR count). The first-order chi connectivity index (χ1) is 11.6. The van der Waals surface area contributed by atoms with Crippen LogP contribution in [0.25, 0.3) is 0 Å². The normalized spacial score (nSPS) is 24.7. The van der Waals surface area contributed by atoms with Crippen LogP contribution in [0.15, 0.2) is 18.2 Å². The van der Waals surface area contributed by atoms with Crippen molar-refractivity contribution in [2.24, 2.45) is 5.92 Å². The number of hydrogen-bond acceptors (Lipinski definition) is 3. The molecule has 1 amide bonds. The van der Waals surface area contributed by atoms with Gasteiger partial charge in [-0.05, 0) is 49.1 Å². The van der Waals surface area contributed by atoms with Crippen molar-refractivity contribution in [3.8, 4) is 0 Å². The molecule has 0 spiro atoms. The molecule has 1 heterocycles. The summed E-state index contributed by atoms with van der Waals surface area (Å²) in [6.45, 7) is 4.78. The van der Waals surface area contributed by atoms with Crippen LogP contribution < -0.4 is 0 Å². The molecule has 2 aliphatic rings. The topological polar surface area (TPSA) is 32.8 Å². The van der Waals surface area contributed by atoms with Gasteiger partial charge in [-0.3, -0.25) is 9.69 Å². The Bertz CT molecular complexity index is 596. The molecule has 1 aromatic rings. The average Bonchev–Trinajstić information content (AvgIpc) is 3.38. The quantitative estimate of drug-likeness (QED) is 0.826. The van der Waals surface area contributed by atoms with E-state index in [1.165, 1.54) is 6.07 Å². The fourth-order valence-corrected chi connectivity index (χ4v) is 3.48. The summed E-state index contributed by atoms with van der Waals surface area (Å²) in [5.74, 6) is -1.17. The van der Waals surface area contributed by atoms with Crippen molar-refractivity contribution in [2.45, 2.75) is 18.8 Å². The molecule has 6 heteroatoms. The first kappa shape index (κ1) is 17.3. The lowest BCUT2D eigenvalue weighted by Gasteiger charge is -2.22. The van der Waals surface area contributed by atoms with Crippen molar-refractivity contribution in [1.29, 1.82) is 0 Å². The Morgan fingerprint density at radius 3 is 2.88 bits per heavy atom. The van der Waals surface area contributed by atoms with Gasteiger partial charge in [0.05, 0.1) is 6.61 Å². The summed E-state index contributed by atoms with van der Waals surface area (Å²) in [6.07, 6.45) is 1.55. The van der Waals surface area contributed by atoms with Crippen LogP contribution in [0.2, 0.25) is 0 Å². The van der Waals surface area contributed by atoms with E-state index in [1.807, 2.05) is 4.90 Å². The lowest BCUT2D eigenvalue weighted by molar-refractivity contribution is -0.132. The lowest BCUT2D eigenvalue weighted by Crippen LogP contribution is -2.37. The van der Waals surface area contributed by atoms with Crippen LogP contribution >= 0.6 is 0 Å². The van der Waals surface area contributed by atoms with Crippen LogP contribution in [-0.2, 0) is 9.53 Å². The Balaban J connectivity index is 1.57. The minimum absolute atomic E-state index is 0.0808. The van der Waals surface area contributed by atoms with Crippen molar-refractivity contribution >= 4 is 5.91 Å². The van der Waals surface area contributed by atoms with Gasteiger partial charge in [0.25, 0.3) is 0 Å². The summed E-state index contributed by atoms with van der Waals surface area (Å²) < 4.78 is 32.3. The minimum Gasteiger partial charge on any atom is -0.383 e. The van der Waals surface area contributed by atoms with Gasteiger partial charge in [-0.15, -0.1) is 0 Å². The molecule has 1 saturated heterocycles. The zero-order valence-electron chi connectivity index (χ0n) is 14.0. The third kappa shape index (κ3) is 3.92. The SMILES string of the molecule is COCCN1CCCN(C(=O)[C@@H]2C[C@@H]2c2cc(F)ccc2F)CC1. The fraction of sp³-hybridized carbons (Fsp3) is 0.611. The van der Waals surface area contributed by atoms with E-state index in [0.717, 1.165) is 44.7 Å². The van der Waals surface area contributed by atoms with E-state index in [1.54, 1.807) is 7.11 Å². The van der Waals surface area contributed by atoms with Crippen molar-refractivity contribution in [1.82, 2.24) is 9.80 Å². The number of hydrogen-bond donors (Lipinski definition) is 0. The third-order valence-corrected chi connectivity index (χ3v) is 4.98. The van der Waals surface area contributed by atoms with Gasteiger partial charge in [0.15, 0.2) is 0 Å². The average molecular weight is 338 g/mol. The van der Waals surface area contributed by atoms with E-state index in [0.29, 0.717) is 25.1 Å². The van der Waals surface area contributed by atoms with Crippen molar-refractivity contribution in [3.63, 3.8) is 0 Å². The second-order valence-corrected chi connectivity index (χ2v) is 6.63. The number of methoxy groups -OCH3 is 1. The molecule has 0 N–H and O–H groups in total. The maximum Gasteiger partial charge on any atom is 0.226 e. The summed E-state index contributed by atoms with van der Waals surface area (Å²) >= 11 is 0. The number of nitrogens with zero attached hydrogens (tertiary/aromatic N) is 2. The first-order valence-electron chi connectivity index (χ1n) is 8.55. The number of carbonyl (C=O) groups excluding carboxylic acids is 1. The molecule has 1 aromatic carbocycles. The predicted octanol–water partition coefficient (Wildman–Crippen LogP) is 2.25. The lowest BCUT2D eigenvalue weighted by atomic mass is 10.1. The number of amides is 1. The van der Waals surface area contributed by atoms with Crippen molar-refractivity contribution in [3.05, 3.63) is 35.4 Å². The molecule has 0 aromatic heterocycles. The van der Waals surface area contributed by atoms with Crippen molar-refractivity contribution < 1.29 is 18.3 Å². The summed E-state index contributed by atoms with van der Waals surface area (Å²) in [5, 5.41) is 0. The molecule has 1 aliphatic heterocycles. The van der Waals surface area contributed by atoms with E-state index in [2.05, 4.69) is 4.90 Å². The summed E-state index contributed by atoms with van der Waals surface area (Å²) in [7, 11) is 1.69. The highest BCUT2D eigenvalue weighted by atomic mass is 19.1. The number of halogens is 2. The molecule has 2 fully saturated rings. The molecule has 4 nitrogen and oxygen atoms in total. The molecule has 0 radical (unpaired) electrons. The van der Waals surface area contributed by atoms with E-state index >= 15 is 0 Å². The van der Waals surface area contributed by atoms with Gasteiger partial charge in [-0.1, -0.05) is 0 Å². The van der Waals surface area contributed by atoms with E-state index in [9.17, 15) is 13.6 Å². The smallest absolute Gasteiger partial charge is 0.226 e. The van der Waals surface area contributed by atoms with Gasteiger partial charge in [-0.25, -0.2) is 8.78 Å². The standard InChI is InChI=1S/C18H24F2N2O2/c1-24-10-9-21-5-2-6-22(8-7-21)18(23)16-12-14(16)15-11-13(19)3-4-17(15)20/h3-4,11,14,16H,2,5-10,12H2,1H3/t14-,16-/m1/s1. The second kappa shape index (κ2) is 7.57. The van der Waals surface area contributed by atoms with Crippen LogP contribution in [0.1, 0.15) is 24.3 Å². The molecule has 0 unspecified atom stereocenters. The van der Waals surface area contributed by atoms with Crippen LogP contribution in [0, 0.1) is 17.6 Å². The van der Waals surface area contributed by atoms with Gasteiger partial charge in [0, 0.05) is 39.2 Å². The van der Waals surface area contributed by atoms with E-state index < -0.39 is 11.6 Å². The molecule has 1 saturated carbocycles. The zero-order chi connectivity index (χ0) is 17.1. The Morgan fingerprint density at radius 2 is 2.08 bits per heavy atom. The number of rotatable bonds is 5. The molecule has 1 aliphatic carbocycles. The highest BCUT2D eigenvalue weighted by Gasteiger charge is 2.47. The monoisotopic (exact) mass is 338 g/mol. The fourth-order valence-electron chi connectivity index (χ4n) is 3.48. The molecule has 24 heavy (non-hydrogen) atoms. The van der Waals surface area contributed by atoms with Crippen molar-refractivity contribution in [2.75, 3.05) is 46.4 Å². The molecule has 0 bridgehead atoms. The van der Waals surface area contributed by atoms with Crippen LogP contribution in [0.3, 0.4) is 0 Å². The first-order valence-corrected chi connectivity index (χ1v) is 8.55. The molecule has 2 atom stereocenters. The predicted molar refractivity (Wildman–Crippen MR) is 86.7 cm³/mol. The highest BCUT2D eigenvalue weighted by Crippen LogP contribution is 2.49. The Kier molecular flexibility index (Phi) is 5.46. The van der Waals surface area contributed by atoms with Gasteiger partial charge >= 0.3 is 0 Å². The Labute approximate surface area is 141 Å². The maximum atomic E-state index is 13.9. The van der Waals surface area contributed by atoms with E-state index in [-0.39, 0.29) is 17.7 Å². The van der Waals surface area contributed by atoms with Crippen LogP contribution in [-0.4, -0.2) is 62.1 Å². The second-order valence-electron chi connectivity index (χ2n) is 6.63. The highest BCUT2D eigenvalue weighted by molar-refractivity contribution is 5.83. The van der Waals surface area contributed by atoms with Gasteiger partial charge in [0.2, 0.25) is 5.91 Å². The number of ether oxygens (including phenoxy) is 1. The summed E-state index contributed by atoms with van der Waals surface area (Å²) in [5.41, 5.74) is 0.338. The van der Waals surface area contributed by atoms with Gasteiger partial charge in [0.1, 0.15) is 11.6 Å². The number of benzene rings is 1. The van der Waals surface area contributed by atoms with E-state index in [4.69, 9.17) is 4.74 Å². The number of carbonyl (C=O) groups is 1. The van der Waals surface area contributed by atoms with Crippen LogP contribution in [0.5, 0.6) is 0 Å². The molecule has 132 valence electrons. The maximum absolute atomic E-state index is 13.9. The van der Waals surface area contributed by atoms with Crippen LogP contribution in [0.4, 0.5) is 8.78 Å². The minimum atomic E-state index is -0.451. The summed E-state index contributed by atoms with van der Waals surface area (Å²) in [4.78, 5) is 16.9. The Hall–Kier alpha value is -1.53.